The summed E-state index contributed by atoms with van der Waals surface area (Å²) in [5.41, 5.74) is -0.387. The van der Waals surface area contributed by atoms with Gasteiger partial charge in [0.1, 0.15) is 16.9 Å². The van der Waals surface area contributed by atoms with Gasteiger partial charge in [0, 0.05) is 4.47 Å². The topological polar surface area (TPSA) is 36.7 Å². The number of hydrogen-bond acceptors (Lipinski definition) is 2. The maximum absolute atomic E-state index is 12.2. The van der Waals surface area contributed by atoms with Gasteiger partial charge in [-0.15, -0.1) is 0 Å². The number of alkyl halides is 2. The number of nitrogens with zero attached hydrogens (tertiary/aromatic N) is 2. The summed E-state index contributed by atoms with van der Waals surface area (Å²) < 4.78 is 24.5. The molecule has 68 valence electrons. The predicted molar refractivity (Wildman–Crippen MR) is 46.6 cm³/mol. The van der Waals surface area contributed by atoms with Crippen LogP contribution < -0.4 is 0 Å². The summed E-state index contributed by atoms with van der Waals surface area (Å²) in [6.45, 7) is 0. The fourth-order valence-electron chi connectivity index (χ4n) is 0.711. The summed E-state index contributed by atoms with van der Waals surface area (Å²) in [5.74, 6) is 0. The van der Waals surface area contributed by atoms with Crippen molar-refractivity contribution in [3.63, 3.8) is 0 Å². The zero-order chi connectivity index (χ0) is 10.0. The molecule has 0 aliphatic rings. The third kappa shape index (κ3) is 2.14. The van der Waals surface area contributed by atoms with Crippen LogP contribution in [-0.4, -0.2) is 4.98 Å². The zero-order valence-electron chi connectivity index (χ0n) is 6.06. The molecule has 0 saturated carbocycles. The quantitative estimate of drug-likeness (QED) is 0.732. The number of rotatable bonds is 1. The average Bonchev–Trinajstić information content (AvgIpc) is 2.07. The lowest BCUT2D eigenvalue weighted by molar-refractivity contribution is 0.145. The van der Waals surface area contributed by atoms with Crippen molar-refractivity contribution in [3.8, 4) is 6.07 Å². The van der Waals surface area contributed by atoms with Gasteiger partial charge >= 0.3 is 0 Å². The molecule has 0 aliphatic carbocycles. The van der Waals surface area contributed by atoms with Crippen molar-refractivity contribution in [3.05, 3.63) is 26.9 Å². The monoisotopic (exact) mass is 266 g/mol. The Morgan fingerprint density at radius 2 is 2.23 bits per heavy atom. The highest BCUT2D eigenvalue weighted by molar-refractivity contribution is 9.10. The molecule has 0 fully saturated rings. The Bertz CT molecular complexity index is 375. The van der Waals surface area contributed by atoms with Crippen LogP contribution in [0.2, 0.25) is 5.15 Å². The molecule has 0 bridgehead atoms. The molecular formula is C7H2BrClF2N2. The minimum absolute atomic E-state index is 0.0675. The first-order chi connectivity index (χ1) is 6.06. The Morgan fingerprint density at radius 3 is 2.69 bits per heavy atom. The SMILES string of the molecule is N#Cc1cc(Br)c(C(F)F)nc1Cl. The van der Waals surface area contributed by atoms with E-state index in [-0.39, 0.29) is 15.2 Å². The molecule has 0 N–H and O–H groups in total. The van der Waals surface area contributed by atoms with Crippen molar-refractivity contribution < 1.29 is 8.78 Å². The third-order valence-corrected chi connectivity index (χ3v) is 2.21. The minimum Gasteiger partial charge on any atom is -0.233 e. The van der Waals surface area contributed by atoms with Crippen LogP contribution in [0, 0.1) is 11.3 Å². The molecule has 6 heteroatoms. The molecule has 13 heavy (non-hydrogen) atoms. The summed E-state index contributed by atoms with van der Waals surface area (Å²) in [7, 11) is 0. The van der Waals surface area contributed by atoms with E-state index in [1.54, 1.807) is 6.07 Å². The molecule has 0 atom stereocenters. The summed E-state index contributed by atoms with van der Waals surface area (Å²) in [6, 6.07) is 2.95. The van der Waals surface area contributed by atoms with E-state index in [0.29, 0.717) is 0 Å². The molecule has 0 amide bonds. The van der Waals surface area contributed by atoms with Crippen LogP contribution in [0.3, 0.4) is 0 Å². The Labute approximate surface area is 86.3 Å². The van der Waals surface area contributed by atoms with Gasteiger partial charge in [-0.1, -0.05) is 11.6 Å². The van der Waals surface area contributed by atoms with Gasteiger partial charge in [-0.25, -0.2) is 13.8 Å². The molecular weight excluding hydrogens is 265 g/mol. The molecule has 0 unspecified atom stereocenters. The Kier molecular flexibility index (Phi) is 3.17. The predicted octanol–water partition coefficient (Wildman–Crippen LogP) is 3.31. The number of pyridine rings is 1. The molecule has 1 aromatic heterocycles. The highest BCUT2D eigenvalue weighted by Gasteiger charge is 2.16. The van der Waals surface area contributed by atoms with Gasteiger partial charge in [-0.3, -0.25) is 0 Å². The third-order valence-electron chi connectivity index (χ3n) is 1.28. The maximum atomic E-state index is 12.2. The van der Waals surface area contributed by atoms with Crippen LogP contribution in [-0.2, 0) is 0 Å². The van der Waals surface area contributed by atoms with Gasteiger partial charge in [0.05, 0.1) is 5.56 Å². The Balaban J connectivity index is 3.31. The highest BCUT2D eigenvalue weighted by atomic mass is 79.9. The highest BCUT2D eigenvalue weighted by Crippen LogP contribution is 2.28. The summed E-state index contributed by atoms with van der Waals surface area (Å²) in [5, 5.41) is 8.28. The number of nitriles is 1. The summed E-state index contributed by atoms with van der Waals surface area (Å²) in [6.07, 6.45) is -2.71. The second-order valence-electron chi connectivity index (χ2n) is 2.11. The van der Waals surface area contributed by atoms with Gasteiger partial charge in [0.2, 0.25) is 0 Å². The van der Waals surface area contributed by atoms with Crippen LogP contribution in [0.4, 0.5) is 8.78 Å². The van der Waals surface area contributed by atoms with Gasteiger partial charge in [-0.05, 0) is 22.0 Å². The fourth-order valence-corrected chi connectivity index (χ4v) is 1.39. The van der Waals surface area contributed by atoms with Crippen LogP contribution in [0.1, 0.15) is 17.7 Å². The Hall–Kier alpha value is -0.730. The van der Waals surface area contributed by atoms with Gasteiger partial charge in [0.25, 0.3) is 6.43 Å². The lowest BCUT2D eigenvalue weighted by Gasteiger charge is -2.03. The molecule has 1 rings (SSSR count). The van der Waals surface area contributed by atoms with E-state index >= 15 is 0 Å². The van der Waals surface area contributed by atoms with Gasteiger partial charge in [0.15, 0.2) is 0 Å². The van der Waals surface area contributed by atoms with E-state index in [4.69, 9.17) is 16.9 Å². The van der Waals surface area contributed by atoms with E-state index in [2.05, 4.69) is 20.9 Å². The van der Waals surface area contributed by atoms with Crippen molar-refractivity contribution in [2.24, 2.45) is 0 Å². The number of hydrogen-bond donors (Lipinski definition) is 0. The van der Waals surface area contributed by atoms with Crippen LogP contribution in [0.15, 0.2) is 10.5 Å². The normalized spacial score (nSPS) is 10.2. The van der Waals surface area contributed by atoms with Crippen LogP contribution >= 0.6 is 27.5 Å². The minimum atomic E-state index is -2.71. The van der Waals surface area contributed by atoms with E-state index in [0.717, 1.165) is 0 Å². The van der Waals surface area contributed by atoms with Gasteiger partial charge in [-0.2, -0.15) is 5.26 Å². The summed E-state index contributed by atoms with van der Waals surface area (Å²) >= 11 is 8.33. The van der Waals surface area contributed by atoms with E-state index in [9.17, 15) is 8.78 Å². The van der Waals surface area contributed by atoms with E-state index in [1.165, 1.54) is 6.07 Å². The molecule has 1 aromatic rings. The maximum Gasteiger partial charge on any atom is 0.281 e. The second kappa shape index (κ2) is 3.99. The summed E-state index contributed by atoms with van der Waals surface area (Å²) in [4.78, 5) is 3.39. The van der Waals surface area contributed by atoms with Crippen molar-refractivity contribution in [1.82, 2.24) is 4.98 Å². The Morgan fingerprint density at radius 1 is 1.62 bits per heavy atom. The molecule has 0 radical (unpaired) electrons. The zero-order valence-corrected chi connectivity index (χ0v) is 8.40. The van der Waals surface area contributed by atoms with E-state index in [1.807, 2.05) is 0 Å². The number of aromatic nitrogens is 1. The molecule has 0 aliphatic heterocycles. The molecule has 0 spiro atoms. The van der Waals surface area contributed by atoms with Gasteiger partial charge < -0.3 is 0 Å². The lowest BCUT2D eigenvalue weighted by Crippen LogP contribution is -1.94. The van der Waals surface area contributed by atoms with Crippen molar-refractivity contribution in [2.75, 3.05) is 0 Å². The lowest BCUT2D eigenvalue weighted by atomic mass is 10.3. The smallest absolute Gasteiger partial charge is 0.233 e. The van der Waals surface area contributed by atoms with Crippen molar-refractivity contribution in [2.45, 2.75) is 6.43 Å². The first kappa shape index (κ1) is 10.4. The van der Waals surface area contributed by atoms with Crippen LogP contribution in [0.5, 0.6) is 0 Å². The first-order valence-corrected chi connectivity index (χ1v) is 4.27. The average molecular weight is 267 g/mol. The van der Waals surface area contributed by atoms with E-state index < -0.39 is 12.1 Å². The van der Waals surface area contributed by atoms with Crippen molar-refractivity contribution >= 4 is 27.5 Å². The standard InChI is InChI=1S/C7H2BrClF2N2/c8-4-1-3(2-12)6(9)13-5(4)7(10)11/h1,7H. The van der Waals surface area contributed by atoms with Crippen LogP contribution in [0.25, 0.3) is 0 Å². The molecule has 0 aromatic carbocycles. The fraction of sp³-hybridized carbons (Fsp3) is 0.143. The second-order valence-corrected chi connectivity index (χ2v) is 3.32. The molecule has 1 heterocycles. The largest absolute Gasteiger partial charge is 0.281 e. The number of halogens is 4. The first-order valence-electron chi connectivity index (χ1n) is 3.10. The molecule has 2 nitrogen and oxygen atoms in total. The van der Waals surface area contributed by atoms with Crippen molar-refractivity contribution in [1.29, 1.82) is 5.26 Å². The molecule has 0 saturated heterocycles.